The molecule has 5 N–H and O–H groups in total. The van der Waals surface area contributed by atoms with E-state index in [1.807, 2.05) is 0 Å². The van der Waals surface area contributed by atoms with E-state index in [2.05, 4.69) is 29.6 Å². The average molecular weight is 344 g/mol. The summed E-state index contributed by atoms with van der Waals surface area (Å²) >= 11 is 0. The fourth-order valence-corrected chi connectivity index (χ4v) is 4.48. The Balaban J connectivity index is 1.28. The summed E-state index contributed by atoms with van der Waals surface area (Å²) in [6.45, 7) is 1.02. The van der Waals surface area contributed by atoms with Crippen LogP contribution in [0.4, 0.5) is 0 Å². The number of hydrogen-bond donors (Lipinski definition) is 4. The van der Waals surface area contributed by atoms with Gasteiger partial charge < -0.3 is 21.1 Å². The van der Waals surface area contributed by atoms with Crippen molar-refractivity contribution in [3.63, 3.8) is 0 Å². The fraction of sp³-hybridized carbons (Fsp3) is 0.700. The predicted molar refractivity (Wildman–Crippen MR) is 103 cm³/mol. The Morgan fingerprint density at radius 1 is 1.12 bits per heavy atom. The molecule has 138 valence electrons. The standard InChI is InChI=1S/C20H33BN2O2/c22-20(7-3-4-10-21(24)25)18-11-15(12-18)8-9-19-13-16-5-1-2-6-17(16)14-23-19/h1-2,5-6,15,18-20,23-25H,3-4,7-14,22H2/t15?,18?,19-,20?/m1/s1. The molecule has 0 spiro atoms. The van der Waals surface area contributed by atoms with Crippen molar-refractivity contribution in [2.24, 2.45) is 17.6 Å². The first-order valence-corrected chi connectivity index (χ1v) is 10.0. The van der Waals surface area contributed by atoms with E-state index < -0.39 is 7.12 Å². The van der Waals surface area contributed by atoms with Gasteiger partial charge in [-0.2, -0.15) is 0 Å². The van der Waals surface area contributed by atoms with Gasteiger partial charge in [0.2, 0.25) is 0 Å². The lowest BCUT2D eigenvalue weighted by Crippen LogP contribution is -2.40. The topological polar surface area (TPSA) is 78.5 Å². The lowest BCUT2D eigenvalue weighted by Gasteiger charge is -2.40. The number of unbranched alkanes of at least 4 members (excludes halogenated alkanes) is 1. The van der Waals surface area contributed by atoms with E-state index >= 15 is 0 Å². The minimum absolute atomic E-state index is 0.298. The lowest BCUT2D eigenvalue weighted by atomic mass is 9.68. The Hall–Kier alpha value is -0.875. The molecule has 0 amide bonds. The van der Waals surface area contributed by atoms with Crippen LogP contribution in [0.5, 0.6) is 0 Å². The van der Waals surface area contributed by atoms with Crippen LogP contribution in [0.3, 0.4) is 0 Å². The van der Waals surface area contributed by atoms with Crippen molar-refractivity contribution in [3.05, 3.63) is 35.4 Å². The molecule has 1 aromatic rings. The van der Waals surface area contributed by atoms with Gasteiger partial charge in [-0.15, -0.1) is 0 Å². The molecule has 1 fully saturated rings. The fourth-order valence-electron chi connectivity index (χ4n) is 4.48. The number of benzene rings is 1. The van der Waals surface area contributed by atoms with E-state index in [-0.39, 0.29) is 0 Å². The van der Waals surface area contributed by atoms with E-state index in [1.54, 1.807) is 0 Å². The number of rotatable bonds is 9. The van der Waals surface area contributed by atoms with Crippen LogP contribution in [0.1, 0.15) is 56.1 Å². The number of nitrogens with two attached hydrogens (primary N) is 1. The molecule has 5 heteroatoms. The van der Waals surface area contributed by atoms with Gasteiger partial charge in [0.15, 0.2) is 0 Å². The lowest BCUT2D eigenvalue weighted by molar-refractivity contribution is 0.140. The highest BCUT2D eigenvalue weighted by molar-refractivity contribution is 6.40. The second-order valence-corrected chi connectivity index (χ2v) is 8.15. The van der Waals surface area contributed by atoms with E-state index in [0.717, 1.165) is 31.7 Å². The molecule has 1 saturated carbocycles. The Morgan fingerprint density at radius 3 is 2.64 bits per heavy atom. The third-order valence-electron chi connectivity index (χ3n) is 6.22. The van der Waals surface area contributed by atoms with Crippen molar-refractivity contribution in [3.8, 4) is 0 Å². The normalized spacial score (nSPS) is 26.6. The molecule has 25 heavy (non-hydrogen) atoms. The zero-order valence-electron chi connectivity index (χ0n) is 15.2. The molecule has 2 aliphatic rings. The van der Waals surface area contributed by atoms with Crippen molar-refractivity contribution < 1.29 is 10.0 Å². The van der Waals surface area contributed by atoms with Gasteiger partial charge in [-0.3, -0.25) is 0 Å². The summed E-state index contributed by atoms with van der Waals surface area (Å²) in [5, 5.41) is 21.4. The first kappa shape index (κ1) is 18.9. The van der Waals surface area contributed by atoms with Crippen LogP contribution in [-0.2, 0) is 13.0 Å². The largest absolute Gasteiger partial charge is 0.451 e. The van der Waals surface area contributed by atoms with Crippen molar-refractivity contribution in [1.29, 1.82) is 0 Å². The second-order valence-electron chi connectivity index (χ2n) is 8.15. The smallest absolute Gasteiger partial charge is 0.427 e. The quantitative estimate of drug-likeness (QED) is 0.410. The number of nitrogens with one attached hydrogen (secondary N) is 1. The third-order valence-corrected chi connectivity index (χ3v) is 6.22. The van der Waals surface area contributed by atoms with Crippen LogP contribution in [0.25, 0.3) is 0 Å². The van der Waals surface area contributed by atoms with Crippen molar-refractivity contribution in [2.45, 2.75) is 76.3 Å². The van der Waals surface area contributed by atoms with Crippen LogP contribution in [0.15, 0.2) is 24.3 Å². The van der Waals surface area contributed by atoms with Crippen molar-refractivity contribution in [2.75, 3.05) is 0 Å². The van der Waals surface area contributed by atoms with Gasteiger partial charge in [0.1, 0.15) is 0 Å². The molecule has 1 unspecified atom stereocenters. The first-order valence-electron chi connectivity index (χ1n) is 10.0. The van der Waals surface area contributed by atoms with Crippen molar-refractivity contribution in [1.82, 2.24) is 5.32 Å². The molecule has 1 aromatic carbocycles. The Kier molecular flexibility index (Phi) is 6.94. The maximum Gasteiger partial charge on any atom is 0.451 e. The van der Waals surface area contributed by atoms with Gasteiger partial charge in [-0.1, -0.05) is 37.1 Å². The molecule has 3 rings (SSSR count). The summed E-state index contributed by atoms with van der Waals surface area (Å²) in [7, 11) is -1.16. The summed E-state index contributed by atoms with van der Waals surface area (Å²) in [5.41, 5.74) is 9.29. The minimum Gasteiger partial charge on any atom is -0.427 e. The van der Waals surface area contributed by atoms with Gasteiger partial charge >= 0.3 is 7.12 Å². The third kappa shape index (κ3) is 5.55. The van der Waals surface area contributed by atoms with Gasteiger partial charge in [-0.25, -0.2) is 0 Å². The molecule has 0 bridgehead atoms. The predicted octanol–water partition coefficient (Wildman–Crippen LogP) is 2.48. The molecule has 1 heterocycles. The van der Waals surface area contributed by atoms with E-state index in [9.17, 15) is 0 Å². The molecule has 2 atom stereocenters. The number of hydrogen-bond acceptors (Lipinski definition) is 4. The molecule has 0 radical (unpaired) electrons. The van der Waals surface area contributed by atoms with E-state index in [1.165, 1.54) is 43.2 Å². The molecular formula is C20H33BN2O2. The first-order chi connectivity index (χ1) is 12.1. The van der Waals surface area contributed by atoms with Crippen LogP contribution < -0.4 is 11.1 Å². The summed E-state index contributed by atoms with van der Waals surface area (Å²) in [5.74, 6) is 1.54. The summed E-state index contributed by atoms with van der Waals surface area (Å²) in [4.78, 5) is 0. The number of fused-ring (bicyclic) bond motifs is 1. The summed E-state index contributed by atoms with van der Waals surface area (Å²) in [6, 6.07) is 9.72. The maximum atomic E-state index is 8.86. The Morgan fingerprint density at radius 2 is 1.88 bits per heavy atom. The van der Waals surface area contributed by atoms with Crippen LogP contribution >= 0.6 is 0 Å². The second kappa shape index (κ2) is 9.18. The molecule has 0 saturated heterocycles. The highest BCUT2D eigenvalue weighted by Crippen LogP contribution is 2.40. The van der Waals surface area contributed by atoms with Gasteiger partial charge in [-0.05, 0) is 67.8 Å². The van der Waals surface area contributed by atoms with Gasteiger partial charge in [0.25, 0.3) is 0 Å². The molecule has 0 aromatic heterocycles. The molecule has 1 aliphatic heterocycles. The average Bonchev–Trinajstić information content (AvgIpc) is 2.57. The molecular weight excluding hydrogens is 311 g/mol. The highest BCUT2D eigenvalue weighted by atomic mass is 16.4. The van der Waals surface area contributed by atoms with Crippen LogP contribution in [0, 0.1) is 11.8 Å². The Bertz CT molecular complexity index is 534. The molecule has 4 nitrogen and oxygen atoms in total. The zero-order valence-corrected chi connectivity index (χ0v) is 15.2. The van der Waals surface area contributed by atoms with E-state index in [4.69, 9.17) is 15.8 Å². The SMILES string of the molecule is NC(CCCCB(O)O)C1CC(CC[C@@H]2Cc3ccccc3CN2)C1. The zero-order chi connectivity index (χ0) is 17.6. The highest BCUT2D eigenvalue weighted by Gasteiger charge is 2.33. The minimum atomic E-state index is -1.16. The maximum absolute atomic E-state index is 8.86. The Labute approximate surface area is 152 Å². The van der Waals surface area contributed by atoms with Crippen LogP contribution in [-0.4, -0.2) is 29.3 Å². The van der Waals surface area contributed by atoms with Gasteiger partial charge in [0.05, 0.1) is 0 Å². The monoisotopic (exact) mass is 344 g/mol. The summed E-state index contributed by atoms with van der Waals surface area (Å²) < 4.78 is 0. The van der Waals surface area contributed by atoms with E-state index in [0.29, 0.717) is 24.3 Å². The summed E-state index contributed by atoms with van der Waals surface area (Å²) in [6.07, 6.45) is 9.68. The molecule has 1 aliphatic carbocycles. The van der Waals surface area contributed by atoms with Crippen molar-refractivity contribution >= 4 is 7.12 Å². The van der Waals surface area contributed by atoms with Gasteiger partial charge in [0, 0.05) is 18.6 Å². The van der Waals surface area contributed by atoms with Crippen LogP contribution in [0.2, 0.25) is 6.32 Å².